The highest BCUT2D eigenvalue weighted by molar-refractivity contribution is 5.83. The largest absolute Gasteiger partial charge is 0.451 e. The second kappa shape index (κ2) is 5.85. The first kappa shape index (κ1) is 17.6. The molecule has 5 rings (SSSR count). The lowest BCUT2D eigenvalue weighted by Crippen LogP contribution is -2.54. The van der Waals surface area contributed by atoms with Crippen molar-refractivity contribution >= 4 is 5.91 Å². The summed E-state index contributed by atoms with van der Waals surface area (Å²) in [7, 11) is 1.04. The molecule has 0 spiro atoms. The second-order valence-electron chi connectivity index (χ2n) is 8.34. The van der Waals surface area contributed by atoms with Gasteiger partial charge in [0.2, 0.25) is 11.7 Å². The van der Waals surface area contributed by atoms with Crippen LogP contribution in [-0.4, -0.2) is 26.8 Å². The fourth-order valence-electron chi connectivity index (χ4n) is 5.73. The molecule has 1 heterocycles. The number of hydrogen-bond acceptors (Lipinski definition) is 3. The number of halogens is 3. The molecule has 6 nitrogen and oxygen atoms in total. The fraction of sp³-hybridized carbons (Fsp3) is 0.824. The van der Waals surface area contributed by atoms with Crippen LogP contribution in [0.2, 0.25) is 0 Å². The molecule has 1 N–H and O–H groups in total. The number of nitrogens with zero attached hydrogens (tertiary/aromatic N) is 3. The van der Waals surface area contributed by atoms with Crippen LogP contribution in [0.15, 0.2) is 4.79 Å². The first-order chi connectivity index (χ1) is 12.2. The molecule has 4 bridgehead atoms. The fourth-order valence-corrected chi connectivity index (χ4v) is 5.73. The molecule has 0 unspecified atom stereocenters. The van der Waals surface area contributed by atoms with Crippen molar-refractivity contribution in [1.82, 2.24) is 19.7 Å². The van der Waals surface area contributed by atoms with Crippen molar-refractivity contribution in [2.24, 2.45) is 30.2 Å². The number of carbonyl (C=O) groups excluding carboxylic acids is 1. The lowest BCUT2D eigenvalue weighted by molar-refractivity contribution is -0.147. The van der Waals surface area contributed by atoms with E-state index >= 15 is 0 Å². The van der Waals surface area contributed by atoms with Gasteiger partial charge in [0.05, 0.1) is 6.54 Å². The van der Waals surface area contributed by atoms with Gasteiger partial charge in [-0.2, -0.15) is 13.2 Å². The van der Waals surface area contributed by atoms with E-state index in [2.05, 4.69) is 10.4 Å². The van der Waals surface area contributed by atoms with Gasteiger partial charge in [-0.15, -0.1) is 5.10 Å². The Morgan fingerprint density at radius 2 is 1.73 bits per heavy atom. The van der Waals surface area contributed by atoms with Crippen molar-refractivity contribution in [3.63, 3.8) is 0 Å². The summed E-state index contributed by atoms with van der Waals surface area (Å²) in [5, 5.41) is 6.21. The summed E-state index contributed by atoms with van der Waals surface area (Å²) in [6.45, 7) is 0.0374. The standard InChI is InChI=1S/C17H23F3N4O2/c1-23-13(17(18,19)20)22-24(15(23)26)3-2-21-14(25)16-7-10-4-11(8-16)6-12(5-10)9-16/h10-12H,2-9H2,1H3,(H,21,25). The number of aromatic nitrogens is 3. The lowest BCUT2D eigenvalue weighted by Gasteiger charge is -2.55. The summed E-state index contributed by atoms with van der Waals surface area (Å²) >= 11 is 0. The Morgan fingerprint density at radius 3 is 2.19 bits per heavy atom. The molecule has 4 fully saturated rings. The molecule has 0 radical (unpaired) electrons. The first-order valence-corrected chi connectivity index (χ1v) is 9.17. The van der Waals surface area contributed by atoms with Gasteiger partial charge in [0.1, 0.15) is 0 Å². The Labute approximate surface area is 148 Å². The van der Waals surface area contributed by atoms with Gasteiger partial charge in [-0.3, -0.25) is 9.36 Å². The Bertz CT molecular complexity index is 745. The van der Waals surface area contributed by atoms with Crippen LogP contribution >= 0.6 is 0 Å². The molecular weight excluding hydrogens is 349 g/mol. The number of rotatable bonds is 4. The molecule has 1 amide bonds. The van der Waals surface area contributed by atoms with Crippen molar-refractivity contribution in [3.8, 4) is 0 Å². The minimum atomic E-state index is -4.68. The van der Waals surface area contributed by atoms with Crippen LogP contribution in [-0.2, 0) is 24.6 Å². The summed E-state index contributed by atoms with van der Waals surface area (Å²) in [6.07, 6.45) is 1.79. The molecule has 1 aromatic rings. The third kappa shape index (κ3) is 2.85. The van der Waals surface area contributed by atoms with E-state index in [1.165, 1.54) is 19.3 Å². The topological polar surface area (TPSA) is 68.9 Å². The van der Waals surface area contributed by atoms with Gasteiger partial charge in [-0.05, 0) is 56.3 Å². The molecule has 4 saturated carbocycles. The normalized spacial score (nSPS) is 32.8. The molecule has 144 valence electrons. The molecule has 26 heavy (non-hydrogen) atoms. The second-order valence-corrected chi connectivity index (χ2v) is 8.34. The zero-order chi connectivity index (χ0) is 18.7. The van der Waals surface area contributed by atoms with E-state index in [0.717, 1.165) is 31.0 Å². The van der Waals surface area contributed by atoms with E-state index in [-0.39, 0.29) is 24.4 Å². The molecule has 1 aromatic heterocycles. The summed E-state index contributed by atoms with van der Waals surface area (Å²) in [5.74, 6) is 0.686. The van der Waals surface area contributed by atoms with Crippen LogP contribution in [0.4, 0.5) is 13.2 Å². The SMILES string of the molecule is Cn1c(C(F)(F)F)nn(CCNC(=O)C23CC4CC(CC(C4)C2)C3)c1=O. The third-order valence-corrected chi connectivity index (χ3v) is 6.42. The first-order valence-electron chi connectivity index (χ1n) is 9.17. The highest BCUT2D eigenvalue weighted by atomic mass is 19.4. The predicted octanol–water partition coefficient (Wildman–Crippen LogP) is 1.93. The Balaban J connectivity index is 1.40. The molecule has 0 aliphatic heterocycles. The maximum Gasteiger partial charge on any atom is 0.451 e. The molecule has 9 heteroatoms. The predicted molar refractivity (Wildman–Crippen MR) is 86.1 cm³/mol. The van der Waals surface area contributed by atoms with Crippen molar-refractivity contribution < 1.29 is 18.0 Å². The summed E-state index contributed by atoms with van der Waals surface area (Å²) in [5.41, 5.74) is -1.14. The number of carbonyl (C=O) groups is 1. The van der Waals surface area contributed by atoms with Gasteiger partial charge < -0.3 is 5.32 Å². The summed E-state index contributed by atoms with van der Waals surface area (Å²) in [6, 6.07) is 0. The van der Waals surface area contributed by atoms with Gasteiger partial charge in [0.15, 0.2) is 0 Å². The van der Waals surface area contributed by atoms with Gasteiger partial charge in [0.25, 0.3) is 0 Å². The van der Waals surface area contributed by atoms with Crippen molar-refractivity contribution in [2.45, 2.75) is 51.2 Å². The molecule has 0 atom stereocenters. The maximum absolute atomic E-state index is 12.8. The van der Waals surface area contributed by atoms with Crippen molar-refractivity contribution in [3.05, 3.63) is 16.3 Å². The minimum Gasteiger partial charge on any atom is -0.354 e. The highest BCUT2D eigenvalue weighted by Gasteiger charge is 2.54. The van der Waals surface area contributed by atoms with Gasteiger partial charge in [-0.25, -0.2) is 9.48 Å². The smallest absolute Gasteiger partial charge is 0.354 e. The lowest BCUT2D eigenvalue weighted by atomic mass is 9.49. The molecule has 4 aliphatic rings. The average molecular weight is 372 g/mol. The van der Waals surface area contributed by atoms with Gasteiger partial charge in [-0.1, -0.05) is 0 Å². The van der Waals surface area contributed by atoms with Crippen LogP contribution in [0.1, 0.15) is 44.3 Å². The highest BCUT2D eigenvalue weighted by Crippen LogP contribution is 2.60. The average Bonchev–Trinajstić information content (AvgIpc) is 2.82. The number of hydrogen-bond donors (Lipinski definition) is 1. The van der Waals surface area contributed by atoms with E-state index in [1.807, 2.05) is 0 Å². The monoisotopic (exact) mass is 372 g/mol. The minimum absolute atomic E-state index is 0.00313. The number of amides is 1. The molecule has 4 aliphatic carbocycles. The molecular formula is C17H23F3N4O2. The Kier molecular flexibility index (Phi) is 3.96. The third-order valence-electron chi connectivity index (χ3n) is 6.42. The quantitative estimate of drug-likeness (QED) is 0.878. The van der Waals surface area contributed by atoms with Crippen LogP contribution in [0.5, 0.6) is 0 Å². The Morgan fingerprint density at radius 1 is 1.19 bits per heavy atom. The zero-order valence-corrected chi connectivity index (χ0v) is 14.7. The number of nitrogens with one attached hydrogen (secondary N) is 1. The van der Waals surface area contributed by atoms with Crippen LogP contribution < -0.4 is 11.0 Å². The van der Waals surface area contributed by atoms with E-state index in [0.29, 0.717) is 22.3 Å². The number of alkyl halides is 3. The van der Waals surface area contributed by atoms with E-state index in [1.54, 1.807) is 0 Å². The van der Waals surface area contributed by atoms with E-state index in [9.17, 15) is 22.8 Å². The summed E-state index contributed by atoms with van der Waals surface area (Å²) < 4.78 is 39.7. The summed E-state index contributed by atoms with van der Waals surface area (Å²) in [4.78, 5) is 24.7. The van der Waals surface area contributed by atoms with Crippen LogP contribution in [0.25, 0.3) is 0 Å². The van der Waals surface area contributed by atoms with E-state index in [4.69, 9.17) is 0 Å². The maximum atomic E-state index is 12.8. The van der Waals surface area contributed by atoms with Crippen molar-refractivity contribution in [1.29, 1.82) is 0 Å². The molecule has 0 aromatic carbocycles. The van der Waals surface area contributed by atoms with Crippen molar-refractivity contribution in [2.75, 3.05) is 6.54 Å². The van der Waals surface area contributed by atoms with Gasteiger partial charge >= 0.3 is 11.9 Å². The Hall–Kier alpha value is -1.80. The zero-order valence-electron chi connectivity index (χ0n) is 14.7. The van der Waals surface area contributed by atoms with Gasteiger partial charge in [0, 0.05) is 19.0 Å². The molecule has 0 saturated heterocycles. The van der Waals surface area contributed by atoms with E-state index < -0.39 is 17.7 Å². The van der Waals surface area contributed by atoms with Crippen LogP contribution in [0.3, 0.4) is 0 Å². The van der Waals surface area contributed by atoms with Crippen LogP contribution in [0, 0.1) is 23.2 Å².